The van der Waals surface area contributed by atoms with E-state index in [2.05, 4.69) is 15.9 Å². The number of halogens is 1. The van der Waals surface area contributed by atoms with Crippen molar-refractivity contribution in [1.29, 1.82) is 0 Å². The molecule has 2 rings (SSSR count). The minimum atomic E-state index is -1.06. The van der Waals surface area contributed by atoms with Crippen molar-refractivity contribution in [2.75, 3.05) is 0 Å². The molecule has 0 saturated carbocycles. The van der Waals surface area contributed by atoms with Gasteiger partial charge >= 0.3 is 0 Å². The van der Waals surface area contributed by atoms with Crippen molar-refractivity contribution in [2.24, 2.45) is 0 Å². The molecule has 0 aromatic heterocycles. The van der Waals surface area contributed by atoms with Crippen LogP contribution in [0.25, 0.3) is 0 Å². The second-order valence-electron chi connectivity index (χ2n) is 3.34. The molecule has 2 aromatic carbocycles. The average molecular weight is 295 g/mol. The standard InChI is InChI=1S/C13H11BrOS/c14-13(11-7-3-1-4-8-11)16(15)12-9-5-2-6-10-12/h1-10,13H. The summed E-state index contributed by atoms with van der Waals surface area (Å²) >= 11 is 3.49. The van der Waals surface area contributed by atoms with Gasteiger partial charge in [-0.1, -0.05) is 64.5 Å². The Balaban J connectivity index is 2.24. The van der Waals surface area contributed by atoms with Crippen molar-refractivity contribution in [1.82, 2.24) is 0 Å². The van der Waals surface area contributed by atoms with E-state index in [-0.39, 0.29) is 4.16 Å². The van der Waals surface area contributed by atoms with Crippen LogP contribution < -0.4 is 0 Å². The van der Waals surface area contributed by atoms with E-state index in [9.17, 15) is 4.21 Å². The summed E-state index contributed by atoms with van der Waals surface area (Å²) < 4.78 is 12.1. The van der Waals surface area contributed by atoms with Crippen molar-refractivity contribution in [2.45, 2.75) is 9.05 Å². The molecule has 0 amide bonds. The van der Waals surface area contributed by atoms with Crippen LogP contribution in [0.1, 0.15) is 9.72 Å². The van der Waals surface area contributed by atoms with Gasteiger partial charge < -0.3 is 0 Å². The van der Waals surface area contributed by atoms with Gasteiger partial charge in [-0.05, 0) is 17.7 Å². The summed E-state index contributed by atoms with van der Waals surface area (Å²) in [5.41, 5.74) is 1.03. The van der Waals surface area contributed by atoms with Gasteiger partial charge in [0.15, 0.2) is 0 Å². The Kier molecular flexibility index (Phi) is 3.91. The highest BCUT2D eigenvalue weighted by Crippen LogP contribution is 2.30. The Bertz CT molecular complexity index is 470. The molecule has 82 valence electrons. The fourth-order valence-electron chi connectivity index (χ4n) is 1.40. The maximum Gasteiger partial charge on any atom is 0.119 e. The van der Waals surface area contributed by atoms with Crippen LogP contribution in [-0.4, -0.2) is 4.21 Å². The fourth-order valence-corrected chi connectivity index (χ4v) is 3.42. The van der Waals surface area contributed by atoms with E-state index in [1.807, 2.05) is 60.7 Å². The van der Waals surface area contributed by atoms with Crippen LogP contribution in [0.5, 0.6) is 0 Å². The van der Waals surface area contributed by atoms with Crippen molar-refractivity contribution in [3.8, 4) is 0 Å². The molecule has 2 aromatic rings. The van der Waals surface area contributed by atoms with Gasteiger partial charge in [-0.25, -0.2) is 0 Å². The van der Waals surface area contributed by atoms with E-state index in [4.69, 9.17) is 0 Å². The maximum atomic E-state index is 12.2. The monoisotopic (exact) mass is 294 g/mol. The first kappa shape index (κ1) is 11.6. The van der Waals surface area contributed by atoms with E-state index >= 15 is 0 Å². The number of alkyl halides is 1. The number of benzene rings is 2. The van der Waals surface area contributed by atoms with Crippen LogP contribution in [0.4, 0.5) is 0 Å². The first-order valence-corrected chi connectivity index (χ1v) is 7.06. The molecule has 2 unspecified atom stereocenters. The van der Waals surface area contributed by atoms with Gasteiger partial charge in [-0.15, -0.1) is 0 Å². The minimum absolute atomic E-state index is 0.156. The second kappa shape index (κ2) is 5.41. The van der Waals surface area contributed by atoms with Gasteiger partial charge in [0.05, 0.1) is 10.8 Å². The molecule has 16 heavy (non-hydrogen) atoms. The van der Waals surface area contributed by atoms with Gasteiger partial charge in [0.25, 0.3) is 0 Å². The van der Waals surface area contributed by atoms with Gasteiger partial charge in [0.1, 0.15) is 4.16 Å². The maximum absolute atomic E-state index is 12.2. The van der Waals surface area contributed by atoms with E-state index in [0.29, 0.717) is 0 Å². The molecule has 1 nitrogen and oxygen atoms in total. The third-order valence-electron chi connectivity index (χ3n) is 2.23. The van der Waals surface area contributed by atoms with E-state index in [1.165, 1.54) is 0 Å². The zero-order chi connectivity index (χ0) is 11.4. The Morgan fingerprint density at radius 1 is 0.875 bits per heavy atom. The number of hydrogen-bond acceptors (Lipinski definition) is 1. The van der Waals surface area contributed by atoms with E-state index in [0.717, 1.165) is 10.5 Å². The highest BCUT2D eigenvalue weighted by Gasteiger charge is 2.16. The second-order valence-corrected chi connectivity index (χ2v) is 6.40. The first-order valence-electron chi connectivity index (χ1n) is 4.93. The summed E-state index contributed by atoms with van der Waals surface area (Å²) in [6.45, 7) is 0. The molecule has 0 saturated heterocycles. The molecular weight excluding hydrogens is 284 g/mol. The zero-order valence-corrected chi connectivity index (χ0v) is 10.9. The lowest BCUT2D eigenvalue weighted by molar-refractivity contribution is 0.682. The molecule has 2 atom stereocenters. The third kappa shape index (κ3) is 2.60. The Hall–Kier alpha value is -0.930. The quantitative estimate of drug-likeness (QED) is 0.785. The summed E-state index contributed by atoms with van der Waals surface area (Å²) in [4.78, 5) is 0.841. The fraction of sp³-hybridized carbons (Fsp3) is 0.0769. The van der Waals surface area contributed by atoms with E-state index in [1.54, 1.807) is 0 Å². The summed E-state index contributed by atoms with van der Waals surface area (Å²) in [6, 6.07) is 19.3. The predicted octanol–water partition coefficient (Wildman–Crippen LogP) is 3.89. The molecule has 0 aliphatic carbocycles. The van der Waals surface area contributed by atoms with Gasteiger partial charge in [0.2, 0.25) is 0 Å². The molecule has 0 N–H and O–H groups in total. The van der Waals surface area contributed by atoms with Gasteiger partial charge in [-0.3, -0.25) is 4.21 Å². The normalized spacial score (nSPS) is 14.3. The van der Waals surface area contributed by atoms with Crippen LogP contribution in [0.2, 0.25) is 0 Å². The predicted molar refractivity (Wildman–Crippen MR) is 71.0 cm³/mol. The highest BCUT2D eigenvalue weighted by atomic mass is 79.9. The zero-order valence-electron chi connectivity index (χ0n) is 8.55. The van der Waals surface area contributed by atoms with Crippen molar-refractivity contribution in [3.63, 3.8) is 0 Å². The molecule has 0 heterocycles. The Morgan fingerprint density at radius 3 is 1.94 bits per heavy atom. The van der Waals surface area contributed by atoms with Gasteiger partial charge in [-0.2, -0.15) is 0 Å². The highest BCUT2D eigenvalue weighted by molar-refractivity contribution is 9.10. The Morgan fingerprint density at radius 2 is 1.38 bits per heavy atom. The number of hydrogen-bond donors (Lipinski definition) is 0. The lowest BCUT2D eigenvalue weighted by Crippen LogP contribution is -1.99. The average Bonchev–Trinajstić information content (AvgIpc) is 2.39. The SMILES string of the molecule is O=S(c1ccccc1)C(Br)c1ccccc1. The summed E-state index contributed by atoms with van der Waals surface area (Å²) in [6.07, 6.45) is 0. The largest absolute Gasteiger partial charge is 0.253 e. The Labute approximate surface area is 106 Å². The van der Waals surface area contributed by atoms with Crippen LogP contribution in [0.3, 0.4) is 0 Å². The van der Waals surface area contributed by atoms with Crippen molar-refractivity contribution < 1.29 is 4.21 Å². The summed E-state index contributed by atoms with van der Waals surface area (Å²) in [7, 11) is -1.06. The van der Waals surface area contributed by atoms with E-state index < -0.39 is 10.8 Å². The summed E-state index contributed by atoms with van der Waals surface area (Å²) in [5.74, 6) is 0. The van der Waals surface area contributed by atoms with Gasteiger partial charge in [0, 0.05) is 4.90 Å². The molecule has 0 aliphatic rings. The minimum Gasteiger partial charge on any atom is -0.253 e. The molecule has 3 heteroatoms. The van der Waals surface area contributed by atoms with Crippen LogP contribution >= 0.6 is 15.9 Å². The molecule has 0 radical (unpaired) electrons. The van der Waals surface area contributed by atoms with Crippen LogP contribution in [0, 0.1) is 0 Å². The number of rotatable bonds is 3. The molecule has 0 aliphatic heterocycles. The lowest BCUT2D eigenvalue weighted by Gasteiger charge is -2.09. The molecular formula is C13H11BrOS. The van der Waals surface area contributed by atoms with Crippen LogP contribution in [-0.2, 0) is 10.8 Å². The lowest BCUT2D eigenvalue weighted by atomic mass is 10.2. The van der Waals surface area contributed by atoms with Crippen LogP contribution in [0.15, 0.2) is 65.6 Å². The molecule has 0 fully saturated rings. The smallest absolute Gasteiger partial charge is 0.119 e. The summed E-state index contributed by atoms with van der Waals surface area (Å²) in [5, 5.41) is 0. The van der Waals surface area contributed by atoms with Crippen molar-refractivity contribution >= 4 is 26.7 Å². The third-order valence-corrected chi connectivity index (χ3v) is 5.16. The molecule has 0 spiro atoms. The topological polar surface area (TPSA) is 17.1 Å². The molecule has 0 bridgehead atoms. The first-order chi connectivity index (χ1) is 7.79. The van der Waals surface area contributed by atoms with Crippen molar-refractivity contribution in [3.05, 3.63) is 66.2 Å².